The third kappa shape index (κ3) is 3.27. The van der Waals surface area contributed by atoms with E-state index in [-0.39, 0.29) is 16.5 Å². The van der Waals surface area contributed by atoms with Crippen molar-refractivity contribution >= 4 is 44.1 Å². The minimum atomic E-state index is -0.858. The van der Waals surface area contributed by atoms with E-state index in [9.17, 15) is 19.1 Å². The van der Waals surface area contributed by atoms with Crippen molar-refractivity contribution < 1.29 is 19.1 Å². The maximum Gasteiger partial charge on any atom is 0.301 e. The zero-order valence-corrected chi connectivity index (χ0v) is 17.8. The largest absolute Gasteiger partial charge is 0.507 e. The molecule has 158 valence electrons. The standard InChI is InChI=1S/C25H17FN2O3S/c1-14-7-9-16(10-8-14)22(29)20-21(15-5-3-2-4-6-15)28(24(31)23(20)30)25-27-18-12-11-17(26)13-19(18)32-25/h2-13,21,29H,1H3/t21-/m1/s1. The zero-order chi connectivity index (χ0) is 22.4. The SMILES string of the molecule is Cc1ccc(C(O)=C2C(=O)C(=O)N(c3nc4ccc(F)cc4s3)[C@@H]2c2ccccc2)cc1. The Bertz CT molecular complexity index is 1390. The van der Waals surface area contributed by atoms with Gasteiger partial charge in [0.25, 0.3) is 5.78 Å². The number of aliphatic hydroxyl groups excluding tert-OH is 1. The lowest BCUT2D eigenvalue weighted by atomic mass is 9.95. The summed E-state index contributed by atoms with van der Waals surface area (Å²) in [5.74, 6) is -2.23. The van der Waals surface area contributed by atoms with Crippen molar-refractivity contribution in [3.05, 3.63) is 101 Å². The molecule has 1 amide bonds. The second-order valence-corrected chi connectivity index (χ2v) is 8.56. The number of hydrogen-bond donors (Lipinski definition) is 1. The molecule has 0 aliphatic carbocycles. The van der Waals surface area contributed by atoms with Crippen molar-refractivity contribution in [1.82, 2.24) is 4.98 Å². The fourth-order valence-corrected chi connectivity index (χ4v) is 4.85. The molecule has 1 saturated heterocycles. The van der Waals surface area contributed by atoms with Gasteiger partial charge in [0.2, 0.25) is 0 Å². The molecule has 1 aromatic heterocycles. The molecule has 0 unspecified atom stereocenters. The zero-order valence-electron chi connectivity index (χ0n) is 16.9. The number of aromatic nitrogens is 1. The van der Waals surface area contributed by atoms with Crippen LogP contribution in [0.25, 0.3) is 16.0 Å². The first-order valence-corrected chi connectivity index (χ1v) is 10.7. The Labute approximate surface area is 187 Å². The number of aliphatic hydroxyl groups is 1. The van der Waals surface area contributed by atoms with E-state index >= 15 is 0 Å². The predicted octanol–water partition coefficient (Wildman–Crippen LogP) is 5.37. The number of carbonyl (C=O) groups is 2. The number of halogens is 1. The third-order valence-corrected chi connectivity index (χ3v) is 6.45. The van der Waals surface area contributed by atoms with Crippen LogP contribution in [0.2, 0.25) is 0 Å². The van der Waals surface area contributed by atoms with Crippen LogP contribution in [-0.4, -0.2) is 21.8 Å². The number of aryl methyl sites for hydroxylation is 1. The number of benzene rings is 3. The minimum Gasteiger partial charge on any atom is -0.507 e. The number of carbonyl (C=O) groups excluding carboxylic acids is 2. The summed E-state index contributed by atoms with van der Waals surface area (Å²) >= 11 is 1.12. The molecule has 2 heterocycles. The van der Waals surface area contributed by atoms with Crippen molar-refractivity contribution in [3.63, 3.8) is 0 Å². The van der Waals surface area contributed by atoms with Crippen LogP contribution in [0.4, 0.5) is 9.52 Å². The van der Waals surface area contributed by atoms with Crippen LogP contribution in [0.15, 0.2) is 78.4 Å². The van der Waals surface area contributed by atoms with Gasteiger partial charge in [-0.25, -0.2) is 9.37 Å². The Hall–Kier alpha value is -3.84. The molecule has 0 spiro atoms. The lowest BCUT2D eigenvalue weighted by molar-refractivity contribution is -0.132. The molecular formula is C25H17FN2O3S. The van der Waals surface area contributed by atoms with E-state index in [4.69, 9.17) is 0 Å². The van der Waals surface area contributed by atoms with E-state index in [0.29, 0.717) is 21.3 Å². The molecule has 1 aliphatic rings. The lowest BCUT2D eigenvalue weighted by Crippen LogP contribution is -2.29. The highest BCUT2D eigenvalue weighted by atomic mass is 32.1. The van der Waals surface area contributed by atoms with Crippen LogP contribution < -0.4 is 4.90 Å². The van der Waals surface area contributed by atoms with E-state index < -0.39 is 23.5 Å². The number of hydrogen-bond acceptors (Lipinski definition) is 5. The summed E-state index contributed by atoms with van der Waals surface area (Å²) in [6.07, 6.45) is 0. The molecule has 1 fully saturated rings. The fourth-order valence-electron chi connectivity index (χ4n) is 3.84. The highest BCUT2D eigenvalue weighted by molar-refractivity contribution is 7.22. The van der Waals surface area contributed by atoms with Gasteiger partial charge in [0.15, 0.2) is 5.13 Å². The third-order valence-electron chi connectivity index (χ3n) is 5.43. The highest BCUT2D eigenvalue weighted by Crippen LogP contribution is 2.44. The number of nitrogens with zero attached hydrogens (tertiary/aromatic N) is 2. The summed E-state index contributed by atoms with van der Waals surface area (Å²) in [5, 5.41) is 11.4. The Balaban J connectivity index is 1.72. The average molecular weight is 444 g/mol. The second-order valence-electron chi connectivity index (χ2n) is 7.55. The topological polar surface area (TPSA) is 70.5 Å². The molecule has 1 aliphatic heterocycles. The van der Waals surface area contributed by atoms with Crippen molar-refractivity contribution in [2.75, 3.05) is 4.90 Å². The number of Topliss-reactive ketones (excluding diaryl/α,β-unsaturated/α-hetero) is 1. The van der Waals surface area contributed by atoms with Crippen molar-refractivity contribution in [1.29, 1.82) is 0 Å². The van der Waals surface area contributed by atoms with Crippen molar-refractivity contribution in [2.24, 2.45) is 0 Å². The van der Waals surface area contributed by atoms with E-state index in [1.807, 2.05) is 25.1 Å². The first-order chi connectivity index (χ1) is 15.4. The number of ketones is 1. The number of rotatable bonds is 3. The van der Waals surface area contributed by atoms with Gasteiger partial charge in [0.1, 0.15) is 11.6 Å². The Morgan fingerprint density at radius 1 is 1.03 bits per heavy atom. The second kappa shape index (κ2) is 7.69. The summed E-state index contributed by atoms with van der Waals surface area (Å²) in [4.78, 5) is 32.1. The maximum atomic E-state index is 13.7. The Kier molecular flexibility index (Phi) is 4.83. The quantitative estimate of drug-likeness (QED) is 0.262. The smallest absolute Gasteiger partial charge is 0.301 e. The van der Waals surface area contributed by atoms with E-state index in [1.165, 1.54) is 23.1 Å². The van der Waals surface area contributed by atoms with Crippen molar-refractivity contribution in [2.45, 2.75) is 13.0 Å². The van der Waals surface area contributed by atoms with E-state index in [1.54, 1.807) is 36.4 Å². The molecular weight excluding hydrogens is 427 g/mol. The minimum absolute atomic E-state index is 0.00418. The summed E-state index contributed by atoms with van der Waals surface area (Å²) in [6.45, 7) is 1.92. The lowest BCUT2D eigenvalue weighted by Gasteiger charge is -2.22. The van der Waals surface area contributed by atoms with Crippen LogP contribution in [0.5, 0.6) is 0 Å². The molecule has 5 nitrogen and oxygen atoms in total. The van der Waals surface area contributed by atoms with Gasteiger partial charge >= 0.3 is 5.91 Å². The van der Waals surface area contributed by atoms with Gasteiger partial charge in [-0.1, -0.05) is 71.5 Å². The average Bonchev–Trinajstić information content (AvgIpc) is 3.32. The van der Waals surface area contributed by atoms with Gasteiger partial charge in [-0.3, -0.25) is 14.5 Å². The first-order valence-electron chi connectivity index (χ1n) is 9.93. The van der Waals surface area contributed by atoms with E-state index in [2.05, 4.69) is 4.98 Å². The van der Waals surface area contributed by atoms with Gasteiger partial charge in [-0.05, 0) is 30.7 Å². The Morgan fingerprint density at radius 2 is 1.75 bits per heavy atom. The van der Waals surface area contributed by atoms with Gasteiger partial charge in [0.05, 0.1) is 21.8 Å². The van der Waals surface area contributed by atoms with Gasteiger partial charge in [-0.2, -0.15) is 0 Å². The fraction of sp³-hybridized carbons (Fsp3) is 0.0800. The summed E-state index contributed by atoms with van der Waals surface area (Å²) in [5.41, 5.74) is 2.63. The highest BCUT2D eigenvalue weighted by Gasteiger charge is 2.48. The normalized spacial score (nSPS) is 17.9. The maximum absolute atomic E-state index is 13.7. The first kappa shape index (κ1) is 20.1. The predicted molar refractivity (Wildman–Crippen MR) is 122 cm³/mol. The van der Waals surface area contributed by atoms with Gasteiger partial charge in [-0.15, -0.1) is 0 Å². The van der Waals surface area contributed by atoms with Gasteiger partial charge in [0, 0.05) is 5.56 Å². The number of fused-ring (bicyclic) bond motifs is 1. The molecule has 5 rings (SSSR count). The monoisotopic (exact) mass is 444 g/mol. The van der Waals surface area contributed by atoms with Crippen LogP contribution in [0, 0.1) is 12.7 Å². The van der Waals surface area contributed by atoms with E-state index in [0.717, 1.165) is 16.9 Å². The summed E-state index contributed by atoms with van der Waals surface area (Å²) in [7, 11) is 0. The van der Waals surface area contributed by atoms with Gasteiger partial charge < -0.3 is 5.11 Å². The Morgan fingerprint density at radius 3 is 2.47 bits per heavy atom. The number of anilines is 1. The molecule has 0 radical (unpaired) electrons. The molecule has 4 aromatic rings. The molecule has 0 bridgehead atoms. The summed E-state index contributed by atoms with van der Waals surface area (Å²) in [6, 6.07) is 19.4. The molecule has 32 heavy (non-hydrogen) atoms. The number of amides is 1. The molecule has 1 atom stereocenters. The molecule has 7 heteroatoms. The van der Waals surface area contributed by atoms with Crippen molar-refractivity contribution in [3.8, 4) is 0 Å². The van der Waals surface area contributed by atoms with Crippen LogP contribution in [0.3, 0.4) is 0 Å². The summed E-state index contributed by atoms with van der Waals surface area (Å²) < 4.78 is 14.3. The van der Waals surface area contributed by atoms with Crippen LogP contribution in [-0.2, 0) is 9.59 Å². The van der Waals surface area contributed by atoms with Crippen LogP contribution >= 0.6 is 11.3 Å². The molecule has 1 N–H and O–H groups in total. The van der Waals surface area contributed by atoms with Crippen LogP contribution in [0.1, 0.15) is 22.7 Å². The molecule has 3 aromatic carbocycles. The molecule has 0 saturated carbocycles. The number of thiazole rings is 1.